The molecule has 2 heterocycles. The molecule has 3 aromatic carbocycles. The van der Waals surface area contributed by atoms with Gasteiger partial charge in [-0.1, -0.05) is 54.1 Å². The van der Waals surface area contributed by atoms with Crippen LogP contribution in [-0.4, -0.2) is 49.0 Å². The number of halogens is 1. The summed E-state index contributed by atoms with van der Waals surface area (Å²) in [6.07, 6.45) is 0.538. The normalized spacial score (nSPS) is 17.0. The number of fused-ring (bicyclic) bond motifs is 1. The molecule has 0 radical (unpaired) electrons. The molecule has 176 valence electrons. The molecule has 0 N–H and O–H groups in total. The monoisotopic (exact) mass is 486 g/mol. The number of benzene rings is 3. The van der Waals surface area contributed by atoms with Gasteiger partial charge in [0.2, 0.25) is 0 Å². The molecule has 3 aromatic rings. The van der Waals surface area contributed by atoms with E-state index in [0.717, 1.165) is 22.5 Å². The summed E-state index contributed by atoms with van der Waals surface area (Å²) in [6.45, 7) is -0.295. The van der Waals surface area contributed by atoms with Crippen LogP contribution in [0.1, 0.15) is 33.9 Å². The molecule has 2 amide bonds. The van der Waals surface area contributed by atoms with E-state index < -0.39 is 11.7 Å². The smallest absolute Gasteiger partial charge is 0.299 e. The van der Waals surface area contributed by atoms with Gasteiger partial charge in [-0.2, -0.15) is 5.10 Å². The first-order valence-electron chi connectivity index (χ1n) is 11.2. The fourth-order valence-electron chi connectivity index (χ4n) is 4.44. The zero-order chi connectivity index (χ0) is 24.7. The van der Waals surface area contributed by atoms with Crippen molar-refractivity contribution < 1.29 is 14.4 Å². The minimum Gasteiger partial charge on any atom is -0.378 e. The van der Waals surface area contributed by atoms with Gasteiger partial charge in [0.25, 0.3) is 17.6 Å². The number of carbonyl (C=O) groups is 3. The lowest BCUT2D eigenvalue weighted by Gasteiger charge is -2.25. The van der Waals surface area contributed by atoms with Gasteiger partial charge in [0, 0.05) is 31.2 Å². The molecule has 0 saturated heterocycles. The lowest BCUT2D eigenvalue weighted by Crippen LogP contribution is -2.40. The highest BCUT2D eigenvalue weighted by Gasteiger charge is 2.40. The average molecular weight is 487 g/mol. The third-order valence-electron chi connectivity index (χ3n) is 6.29. The van der Waals surface area contributed by atoms with Crippen molar-refractivity contribution in [1.82, 2.24) is 5.01 Å². The Morgan fingerprint density at radius 3 is 2.43 bits per heavy atom. The van der Waals surface area contributed by atoms with E-state index in [-0.39, 0.29) is 24.1 Å². The van der Waals surface area contributed by atoms with E-state index >= 15 is 0 Å². The molecule has 0 aliphatic carbocycles. The van der Waals surface area contributed by atoms with Crippen LogP contribution in [-0.2, 0) is 9.59 Å². The van der Waals surface area contributed by atoms with Gasteiger partial charge in [0.1, 0.15) is 6.54 Å². The highest BCUT2D eigenvalue weighted by molar-refractivity contribution is 6.53. The highest BCUT2D eigenvalue weighted by atomic mass is 35.5. The highest BCUT2D eigenvalue weighted by Crippen LogP contribution is 2.35. The fourth-order valence-corrected chi connectivity index (χ4v) is 4.61. The van der Waals surface area contributed by atoms with Crippen molar-refractivity contribution in [2.24, 2.45) is 5.10 Å². The predicted octanol–water partition coefficient (Wildman–Crippen LogP) is 4.31. The molecule has 35 heavy (non-hydrogen) atoms. The van der Waals surface area contributed by atoms with Gasteiger partial charge in [-0.15, -0.1) is 0 Å². The van der Waals surface area contributed by atoms with Crippen LogP contribution in [0.15, 0.2) is 77.9 Å². The van der Waals surface area contributed by atoms with Gasteiger partial charge < -0.3 is 4.90 Å². The molecule has 0 aromatic heterocycles. The minimum absolute atomic E-state index is 0.209. The average Bonchev–Trinajstić information content (AvgIpc) is 3.41. The second-order valence-electron chi connectivity index (χ2n) is 8.74. The van der Waals surface area contributed by atoms with Gasteiger partial charge in [-0.3, -0.25) is 19.3 Å². The zero-order valence-corrected chi connectivity index (χ0v) is 20.1. The van der Waals surface area contributed by atoms with Crippen molar-refractivity contribution >= 4 is 46.3 Å². The molecule has 1 unspecified atom stereocenters. The lowest BCUT2D eigenvalue weighted by atomic mass is 9.98. The number of anilines is 2. The molecule has 0 fully saturated rings. The molecule has 1 atom stereocenters. The van der Waals surface area contributed by atoms with Gasteiger partial charge in [0.15, 0.2) is 0 Å². The third kappa shape index (κ3) is 4.19. The standard InChI is InChI=1S/C27H23ClN4O3/c1-30(2)20-11-8-18(9-12-20)24-15-22(17-6-4-3-5-7-17)29-32(24)25(33)16-31-23-13-10-19(28)14-21(23)26(34)27(31)35/h3-14,24H,15-16H2,1-2H3. The molecule has 2 aliphatic rings. The number of ketones is 1. The van der Waals surface area contributed by atoms with Crippen LogP contribution in [0.5, 0.6) is 0 Å². The summed E-state index contributed by atoms with van der Waals surface area (Å²) >= 11 is 6.01. The molecule has 7 nitrogen and oxygen atoms in total. The Hall–Kier alpha value is -3.97. The first-order valence-corrected chi connectivity index (χ1v) is 11.6. The Bertz CT molecular complexity index is 1350. The number of carbonyl (C=O) groups excluding carboxylic acids is 3. The van der Waals surface area contributed by atoms with E-state index in [4.69, 9.17) is 11.6 Å². The summed E-state index contributed by atoms with van der Waals surface area (Å²) in [4.78, 5) is 41.9. The minimum atomic E-state index is -0.742. The quantitative estimate of drug-likeness (QED) is 0.504. The number of rotatable bonds is 5. The van der Waals surface area contributed by atoms with Crippen molar-refractivity contribution in [2.45, 2.75) is 12.5 Å². The second kappa shape index (κ2) is 9.00. The van der Waals surface area contributed by atoms with Gasteiger partial charge in [0.05, 0.1) is 23.0 Å². The topological polar surface area (TPSA) is 73.3 Å². The summed E-state index contributed by atoms with van der Waals surface area (Å²) in [6, 6.07) is 22.0. The maximum absolute atomic E-state index is 13.5. The molecular formula is C27H23ClN4O3. The van der Waals surface area contributed by atoms with Crippen LogP contribution >= 0.6 is 11.6 Å². The Morgan fingerprint density at radius 2 is 1.74 bits per heavy atom. The fraction of sp³-hybridized carbons (Fsp3) is 0.185. The summed E-state index contributed by atoms with van der Waals surface area (Å²) in [7, 11) is 3.94. The van der Waals surface area contributed by atoms with Crippen LogP contribution in [0.4, 0.5) is 11.4 Å². The number of hydrazone groups is 1. The largest absolute Gasteiger partial charge is 0.378 e. The van der Waals surface area contributed by atoms with E-state index in [1.165, 1.54) is 16.0 Å². The third-order valence-corrected chi connectivity index (χ3v) is 6.53. The maximum Gasteiger partial charge on any atom is 0.299 e. The molecule has 0 bridgehead atoms. The molecule has 8 heteroatoms. The van der Waals surface area contributed by atoms with Crippen LogP contribution in [0, 0.1) is 0 Å². The number of Topliss-reactive ketones (excluding diaryl/α,β-unsaturated/α-hetero) is 1. The molecule has 0 saturated carbocycles. The Morgan fingerprint density at radius 1 is 1.03 bits per heavy atom. The van der Waals surface area contributed by atoms with Crippen molar-refractivity contribution in [1.29, 1.82) is 0 Å². The Labute approximate surface area is 208 Å². The van der Waals surface area contributed by atoms with E-state index in [2.05, 4.69) is 5.10 Å². The summed E-state index contributed by atoms with van der Waals surface area (Å²) < 4.78 is 0. The Balaban J connectivity index is 1.47. The summed E-state index contributed by atoms with van der Waals surface area (Å²) in [5.74, 6) is -1.78. The van der Waals surface area contributed by atoms with Gasteiger partial charge in [-0.25, -0.2) is 5.01 Å². The van der Waals surface area contributed by atoms with Crippen LogP contribution in [0.3, 0.4) is 0 Å². The van der Waals surface area contributed by atoms with E-state index in [0.29, 0.717) is 17.1 Å². The Kier molecular flexibility index (Phi) is 5.86. The van der Waals surface area contributed by atoms with Crippen molar-refractivity contribution in [3.8, 4) is 0 Å². The van der Waals surface area contributed by atoms with Crippen LogP contribution in [0.2, 0.25) is 5.02 Å². The van der Waals surface area contributed by atoms with E-state index in [1.54, 1.807) is 12.1 Å². The number of hydrogen-bond acceptors (Lipinski definition) is 5. The number of amides is 2. The van der Waals surface area contributed by atoms with Crippen molar-refractivity contribution in [3.63, 3.8) is 0 Å². The van der Waals surface area contributed by atoms with Crippen LogP contribution < -0.4 is 9.80 Å². The zero-order valence-electron chi connectivity index (χ0n) is 19.3. The first-order chi connectivity index (χ1) is 16.8. The van der Waals surface area contributed by atoms with Gasteiger partial charge >= 0.3 is 0 Å². The van der Waals surface area contributed by atoms with Crippen molar-refractivity contribution in [2.75, 3.05) is 30.4 Å². The number of nitrogens with zero attached hydrogens (tertiary/aromatic N) is 4. The van der Waals surface area contributed by atoms with E-state index in [9.17, 15) is 14.4 Å². The number of hydrogen-bond donors (Lipinski definition) is 0. The SMILES string of the molecule is CN(C)c1ccc(C2CC(c3ccccc3)=NN2C(=O)CN2C(=O)C(=O)c3cc(Cl)ccc32)cc1. The van der Waals surface area contributed by atoms with Crippen LogP contribution in [0.25, 0.3) is 0 Å². The molecule has 5 rings (SSSR count). The molecular weight excluding hydrogens is 464 g/mol. The molecule has 0 spiro atoms. The summed E-state index contributed by atoms with van der Waals surface area (Å²) in [5, 5.41) is 6.48. The predicted molar refractivity (Wildman–Crippen MR) is 136 cm³/mol. The maximum atomic E-state index is 13.5. The second-order valence-corrected chi connectivity index (χ2v) is 9.18. The lowest BCUT2D eigenvalue weighted by molar-refractivity contribution is -0.132. The van der Waals surface area contributed by atoms with Gasteiger partial charge in [-0.05, 0) is 41.5 Å². The molecule has 2 aliphatic heterocycles. The van der Waals surface area contributed by atoms with Crippen molar-refractivity contribution in [3.05, 3.63) is 94.5 Å². The van der Waals surface area contributed by atoms with E-state index in [1.807, 2.05) is 73.6 Å². The first kappa shape index (κ1) is 22.8. The summed E-state index contributed by atoms with van der Waals surface area (Å²) in [5.41, 5.74) is 4.30.